The molecule has 1 aliphatic heterocycles. The van der Waals surface area contributed by atoms with Crippen LogP contribution in [0.15, 0.2) is 41.7 Å². The van der Waals surface area contributed by atoms with Crippen molar-refractivity contribution in [2.75, 3.05) is 13.1 Å². The first-order valence-corrected chi connectivity index (χ1v) is 8.76. The van der Waals surface area contributed by atoms with Crippen molar-refractivity contribution < 1.29 is 4.79 Å². The number of carbonyl (C=O) groups excluding carboxylic acids is 1. The van der Waals surface area contributed by atoms with Crippen molar-refractivity contribution in [3.05, 3.63) is 58.7 Å². The van der Waals surface area contributed by atoms with Gasteiger partial charge in [-0.05, 0) is 31.0 Å². The summed E-state index contributed by atoms with van der Waals surface area (Å²) < 4.78 is 3.49. The van der Waals surface area contributed by atoms with Crippen LogP contribution in [0.2, 0.25) is 0 Å². The highest BCUT2D eigenvalue weighted by atomic mass is 16.2. The summed E-state index contributed by atoms with van der Waals surface area (Å²) in [6.45, 7) is 1.41. The van der Waals surface area contributed by atoms with Crippen LogP contribution in [-0.4, -0.2) is 43.0 Å². The molecule has 3 aromatic rings. The molecule has 1 amide bonds. The van der Waals surface area contributed by atoms with Crippen LogP contribution in [0.25, 0.3) is 10.9 Å². The summed E-state index contributed by atoms with van der Waals surface area (Å²) in [7, 11) is 3.67. The molecule has 0 unspecified atom stereocenters. The summed E-state index contributed by atoms with van der Waals surface area (Å²) in [4.78, 5) is 35.5. The number of imidazole rings is 1. The van der Waals surface area contributed by atoms with E-state index in [4.69, 9.17) is 0 Å². The van der Waals surface area contributed by atoms with Crippen molar-refractivity contribution >= 4 is 16.8 Å². The molecule has 1 aromatic carbocycles. The summed E-state index contributed by atoms with van der Waals surface area (Å²) >= 11 is 0. The fourth-order valence-electron chi connectivity index (χ4n) is 3.64. The minimum Gasteiger partial charge on any atom is -0.339 e. The minimum absolute atomic E-state index is 0.00679. The topological polar surface area (TPSA) is 73.0 Å². The van der Waals surface area contributed by atoms with Gasteiger partial charge < -0.3 is 14.0 Å². The Morgan fingerprint density at radius 1 is 1.12 bits per heavy atom. The number of hydrogen-bond acceptors (Lipinski definition) is 4. The molecule has 7 heteroatoms. The Balaban J connectivity index is 1.52. The van der Waals surface area contributed by atoms with Crippen LogP contribution in [0.1, 0.15) is 34.9 Å². The highest BCUT2D eigenvalue weighted by Crippen LogP contribution is 2.27. The molecule has 0 aliphatic carbocycles. The number of carbonyl (C=O) groups is 1. The van der Waals surface area contributed by atoms with E-state index in [1.54, 1.807) is 25.2 Å². The maximum atomic E-state index is 12.8. The molecule has 3 heterocycles. The normalized spacial score (nSPS) is 15.5. The number of aryl methyl sites for hydroxylation is 2. The van der Waals surface area contributed by atoms with Gasteiger partial charge >= 0.3 is 0 Å². The Morgan fingerprint density at radius 2 is 1.88 bits per heavy atom. The molecule has 26 heavy (non-hydrogen) atoms. The second-order valence-electron chi connectivity index (χ2n) is 6.86. The van der Waals surface area contributed by atoms with Crippen molar-refractivity contribution in [3.8, 4) is 0 Å². The zero-order chi connectivity index (χ0) is 18.3. The molecule has 1 aliphatic rings. The van der Waals surface area contributed by atoms with Crippen LogP contribution in [0, 0.1) is 0 Å². The van der Waals surface area contributed by atoms with Gasteiger partial charge in [-0.3, -0.25) is 9.59 Å². The number of nitrogens with zero attached hydrogens (tertiary/aromatic N) is 5. The quantitative estimate of drug-likeness (QED) is 0.704. The second kappa shape index (κ2) is 6.40. The molecule has 1 saturated heterocycles. The van der Waals surface area contributed by atoms with E-state index in [0.29, 0.717) is 35.5 Å². The Kier molecular flexibility index (Phi) is 4.06. The molecule has 134 valence electrons. The van der Waals surface area contributed by atoms with Crippen LogP contribution < -0.4 is 5.56 Å². The minimum atomic E-state index is -0.107. The third kappa shape index (κ3) is 2.79. The van der Waals surface area contributed by atoms with Gasteiger partial charge in [-0.25, -0.2) is 9.97 Å². The van der Waals surface area contributed by atoms with Gasteiger partial charge in [0.1, 0.15) is 5.82 Å². The number of likely N-dealkylation sites (tertiary alicyclic amines) is 1. The molecular formula is C19H21N5O2. The monoisotopic (exact) mass is 351 g/mol. The predicted molar refractivity (Wildman–Crippen MR) is 98.1 cm³/mol. The van der Waals surface area contributed by atoms with E-state index in [1.165, 1.54) is 10.9 Å². The molecule has 0 radical (unpaired) electrons. The van der Waals surface area contributed by atoms with Gasteiger partial charge in [0.15, 0.2) is 0 Å². The molecule has 4 rings (SSSR count). The van der Waals surface area contributed by atoms with E-state index in [0.717, 1.165) is 18.7 Å². The molecule has 0 bridgehead atoms. The first-order valence-electron chi connectivity index (χ1n) is 8.76. The maximum Gasteiger partial charge on any atom is 0.260 e. The smallest absolute Gasteiger partial charge is 0.260 e. The van der Waals surface area contributed by atoms with Crippen LogP contribution in [0.5, 0.6) is 0 Å². The SMILES string of the molecule is Cn1ccnc1C1CCN(C(=O)c2ccc3c(=O)n(C)cnc3c2)CC1. The lowest BCUT2D eigenvalue weighted by molar-refractivity contribution is 0.0710. The fraction of sp³-hybridized carbons (Fsp3) is 0.368. The predicted octanol–water partition coefficient (Wildman–Crippen LogP) is 1.69. The zero-order valence-corrected chi connectivity index (χ0v) is 14.9. The molecule has 1 fully saturated rings. The van der Waals surface area contributed by atoms with Crippen molar-refractivity contribution in [3.63, 3.8) is 0 Å². The van der Waals surface area contributed by atoms with Crippen molar-refractivity contribution in [2.45, 2.75) is 18.8 Å². The Morgan fingerprint density at radius 3 is 2.58 bits per heavy atom. The first-order chi connectivity index (χ1) is 12.5. The van der Waals surface area contributed by atoms with Crippen LogP contribution in [0.3, 0.4) is 0 Å². The van der Waals surface area contributed by atoms with Crippen molar-refractivity contribution in [1.29, 1.82) is 0 Å². The zero-order valence-electron chi connectivity index (χ0n) is 14.9. The Labute approximate surface area is 150 Å². The lowest BCUT2D eigenvalue weighted by Crippen LogP contribution is -2.38. The third-order valence-electron chi connectivity index (χ3n) is 5.17. The van der Waals surface area contributed by atoms with E-state index >= 15 is 0 Å². The third-order valence-corrected chi connectivity index (χ3v) is 5.17. The van der Waals surface area contributed by atoms with E-state index in [1.807, 2.05) is 24.3 Å². The lowest BCUT2D eigenvalue weighted by Gasteiger charge is -2.31. The Hall–Kier alpha value is -2.96. The number of rotatable bonds is 2. The standard InChI is InChI=1S/C19H21N5O2/c1-22-10-7-20-17(22)13-5-8-24(9-6-13)18(25)14-3-4-15-16(11-14)21-12-23(2)19(15)26/h3-4,7,10-13H,5-6,8-9H2,1-2H3. The fourth-order valence-corrected chi connectivity index (χ4v) is 3.64. The molecule has 0 saturated carbocycles. The Bertz CT molecular complexity index is 1030. The van der Waals surface area contributed by atoms with Gasteiger partial charge in [-0.15, -0.1) is 0 Å². The maximum absolute atomic E-state index is 12.8. The van der Waals surface area contributed by atoms with Crippen molar-refractivity contribution in [2.24, 2.45) is 14.1 Å². The number of aromatic nitrogens is 4. The highest BCUT2D eigenvalue weighted by Gasteiger charge is 2.26. The average molecular weight is 351 g/mol. The van der Waals surface area contributed by atoms with Gasteiger partial charge in [0.25, 0.3) is 11.5 Å². The van der Waals surface area contributed by atoms with Crippen LogP contribution in [0.4, 0.5) is 0 Å². The summed E-state index contributed by atoms with van der Waals surface area (Å²) in [6, 6.07) is 5.13. The highest BCUT2D eigenvalue weighted by molar-refractivity contribution is 5.97. The summed E-state index contributed by atoms with van der Waals surface area (Å²) in [5.41, 5.74) is 1.03. The van der Waals surface area contributed by atoms with Gasteiger partial charge in [0.2, 0.25) is 0 Å². The summed E-state index contributed by atoms with van der Waals surface area (Å²) in [5, 5.41) is 0.528. The number of piperidine rings is 1. The molecule has 0 spiro atoms. The molecule has 0 atom stereocenters. The molecule has 7 nitrogen and oxygen atoms in total. The van der Waals surface area contributed by atoms with Gasteiger partial charge in [0, 0.05) is 51.1 Å². The molecular weight excluding hydrogens is 330 g/mol. The molecule has 0 N–H and O–H groups in total. The van der Waals surface area contributed by atoms with Gasteiger partial charge in [0.05, 0.1) is 17.2 Å². The largest absolute Gasteiger partial charge is 0.339 e. The van der Waals surface area contributed by atoms with E-state index in [9.17, 15) is 9.59 Å². The van der Waals surface area contributed by atoms with Crippen LogP contribution in [-0.2, 0) is 14.1 Å². The van der Waals surface area contributed by atoms with Crippen LogP contribution >= 0.6 is 0 Å². The van der Waals surface area contributed by atoms with E-state index in [-0.39, 0.29) is 11.5 Å². The average Bonchev–Trinajstić information content (AvgIpc) is 3.10. The first kappa shape index (κ1) is 16.5. The number of hydrogen-bond donors (Lipinski definition) is 0. The number of benzene rings is 1. The molecule has 2 aromatic heterocycles. The van der Waals surface area contributed by atoms with Gasteiger partial charge in [-0.1, -0.05) is 0 Å². The van der Waals surface area contributed by atoms with E-state index < -0.39 is 0 Å². The summed E-state index contributed by atoms with van der Waals surface area (Å²) in [6.07, 6.45) is 7.07. The van der Waals surface area contributed by atoms with E-state index in [2.05, 4.69) is 14.5 Å². The summed E-state index contributed by atoms with van der Waals surface area (Å²) in [5.74, 6) is 1.47. The number of fused-ring (bicyclic) bond motifs is 1. The van der Waals surface area contributed by atoms with Gasteiger partial charge in [-0.2, -0.15) is 0 Å². The second-order valence-corrected chi connectivity index (χ2v) is 6.86. The van der Waals surface area contributed by atoms with Crippen molar-refractivity contribution in [1.82, 2.24) is 24.0 Å². The lowest BCUT2D eigenvalue weighted by atomic mass is 9.95. The number of amides is 1.